The first-order chi connectivity index (χ1) is 12.3. The average molecular weight is 409 g/mol. The van der Waals surface area contributed by atoms with Gasteiger partial charge in [-0.2, -0.15) is 13.2 Å². The normalized spacial score (nSPS) is 17.6. The zero-order valence-corrected chi connectivity index (χ0v) is 16.0. The van der Waals surface area contributed by atoms with E-state index in [0.717, 1.165) is 13.8 Å². The minimum absolute atomic E-state index is 0.0521. The third-order valence-corrected chi connectivity index (χ3v) is 6.10. The summed E-state index contributed by atoms with van der Waals surface area (Å²) >= 11 is 0. The van der Waals surface area contributed by atoms with Crippen LogP contribution in [0.1, 0.15) is 26.5 Å². The van der Waals surface area contributed by atoms with Gasteiger partial charge in [-0.3, -0.25) is 10.3 Å². The van der Waals surface area contributed by atoms with E-state index in [2.05, 4.69) is 20.4 Å². The number of carbonyl (C=O) groups is 1. The molecule has 1 aliphatic rings. The van der Waals surface area contributed by atoms with E-state index < -0.39 is 27.7 Å². The first-order valence-corrected chi connectivity index (χ1v) is 10.1. The van der Waals surface area contributed by atoms with Gasteiger partial charge >= 0.3 is 12.3 Å². The van der Waals surface area contributed by atoms with E-state index in [0.29, 0.717) is 24.3 Å². The molecule has 0 unspecified atom stereocenters. The van der Waals surface area contributed by atoms with Crippen molar-refractivity contribution in [2.75, 3.05) is 28.7 Å². The second kappa shape index (κ2) is 7.53. The van der Waals surface area contributed by atoms with E-state index in [9.17, 15) is 26.4 Å². The molecule has 1 aliphatic heterocycles. The first-order valence-electron chi connectivity index (χ1n) is 8.33. The molecule has 11 heteroatoms. The number of nitrogens with one attached hydrogen (secondary N) is 2. The maximum Gasteiger partial charge on any atom is 0.427 e. The predicted molar refractivity (Wildman–Crippen MR) is 94.5 cm³/mol. The number of anilines is 2. The Morgan fingerprint density at radius 2 is 2.07 bits per heavy atom. The summed E-state index contributed by atoms with van der Waals surface area (Å²) in [6.07, 6.45) is -4.21. The second-order valence-corrected chi connectivity index (χ2v) is 9.29. The summed E-state index contributed by atoms with van der Waals surface area (Å²) in [6.45, 7) is 3.52. The lowest BCUT2D eigenvalue weighted by atomic mass is 9.99. The van der Waals surface area contributed by atoms with Crippen LogP contribution in [0.3, 0.4) is 0 Å². The smallest absolute Gasteiger partial charge is 0.427 e. The van der Waals surface area contributed by atoms with Gasteiger partial charge in [0.05, 0.1) is 29.0 Å². The Morgan fingerprint density at radius 3 is 2.67 bits per heavy atom. The van der Waals surface area contributed by atoms with Gasteiger partial charge in [0, 0.05) is 12.3 Å². The highest BCUT2D eigenvalue weighted by atomic mass is 32.2. The molecule has 2 rings (SSSR count). The summed E-state index contributed by atoms with van der Waals surface area (Å²) in [4.78, 5) is 15.9. The van der Waals surface area contributed by atoms with Crippen molar-refractivity contribution in [2.24, 2.45) is 5.92 Å². The molecule has 1 atom stereocenters. The molecule has 0 spiro atoms. The molecule has 27 heavy (non-hydrogen) atoms. The summed E-state index contributed by atoms with van der Waals surface area (Å²) in [7, 11) is -3.11. The van der Waals surface area contributed by atoms with Crippen molar-refractivity contribution in [2.45, 2.75) is 39.0 Å². The molecule has 2 N–H and O–H groups in total. The van der Waals surface area contributed by atoms with Gasteiger partial charge in [-0.15, -0.1) is 0 Å². The van der Waals surface area contributed by atoms with Crippen LogP contribution in [0.25, 0.3) is 0 Å². The minimum atomic E-state index is -4.70. The fourth-order valence-corrected chi connectivity index (χ4v) is 3.69. The van der Waals surface area contributed by atoms with Crippen LogP contribution < -0.4 is 10.6 Å². The van der Waals surface area contributed by atoms with Gasteiger partial charge in [0.15, 0.2) is 0 Å². The molecule has 0 bridgehead atoms. The Labute approximate surface area is 155 Å². The highest BCUT2D eigenvalue weighted by Crippen LogP contribution is 2.33. The fourth-order valence-electron chi connectivity index (χ4n) is 2.50. The quantitative estimate of drug-likeness (QED) is 0.776. The maximum atomic E-state index is 12.8. The molecule has 7 nitrogen and oxygen atoms in total. The lowest BCUT2D eigenvalue weighted by Crippen LogP contribution is -2.44. The van der Waals surface area contributed by atoms with Crippen molar-refractivity contribution >= 4 is 27.3 Å². The molecule has 1 amide bonds. The number of carbonyl (C=O) groups excluding carboxylic acids is 1. The van der Waals surface area contributed by atoms with Crippen molar-refractivity contribution in [3.63, 3.8) is 0 Å². The highest BCUT2D eigenvalue weighted by molar-refractivity contribution is 7.91. The SMILES string of the molecule is CCS(=O)(=O)C[C@H]1CNc2cc(NC(=O)OC(C)(C)C(F)(F)F)cnc2C1. The summed E-state index contributed by atoms with van der Waals surface area (Å²) in [5.74, 6) is 0.00535. The summed E-state index contributed by atoms with van der Waals surface area (Å²) in [6, 6.07) is 1.52. The summed E-state index contributed by atoms with van der Waals surface area (Å²) in [5.41, 5.74) is -1.24. The number of sulfone groups is 1. The van der Waals surface area contributed by atoms with Crippen molar-refractivity contribution in [3.05, 3.63) is 18.0 Å². The summed E-state index contributed by atoms with van der Waals surface area (Å²) < 4.78 is 66.2. The molecular weight excluding hydrogens is 387 g/mol. The predicted octanol–water partition coefficient (Wildman–Crippen LogP) is 2.99. The molecule has 0 saturated heterocycles. The van der Waals surface area contributed by atoms with E-state index in [4.69, 9.17) is 0 Å². The van der Waals surface area contributed by atoms with E-state index in [1.54, 1.807) is 6.92 Å². The Morgan fingerprint density at radius 1 is 1.41 bits per heavy atom. The molecule has 1 aromatic rings. The Bertz CT molecular complexity index is 810. The van der Waals surface area contributed by atoms with Crippen LogP contribution in [-0.2, 0) is 21.0 Å². The number of halogens is 3. The van der Waals surface area contributed by atoms with Crippen LogP contribution in [-0.4, -0.2) is 49.3 Å². The number of ether oxygens (including phenoxy) is 1. The number of amides is 1. The standard InChI is InChI=1S/C16H22F3N3O4S/c1-4-27(24,25)9-10-5-12-13(20-7-10)6-11(8-21-12)22-14(23)26-15(2,3)16(17,18)19/h6,8,10,20H,4-5,7,9H2,1-3H3,(H,22,23)/t10-/m1/s1. The van der Waals surface area contributed by atoms with E-state index in [1.165, 1.54) is 12.3 Å². The molecule has 0 aliphatic carbocycles. The van der Waals surface area contributed by atoms with Crippen LogP contribution in [0, 0.1) is 5.92 Å². The molecule has 152 valence electrons. The van der Waals surface area contributed by atoms with Crippen LogP contribution in [0.4, 0.5) is 29.3 Å². The Hall–Kier alpha value is -2.04. The van der Waals surface area contributed by atoms with Crippen molar-refractivity contribution in [1.29, 1.82) is 0 Å². The number of hydrogen-bond donors (Lipinski definition) is 2. The Balaban J connectivity index is 2.02. The number of fused-ring (bicyclic) bond motifs is 1. The van der Waals surface area contributed by atoms with Gasteiger partial charge in [-0.1, -0.05) is 6.92 Å². The Kier molecular flexibility index (Phi) is 5.93. The number of nitrogens with zero attached hydrogens (tertiary/aromatic N) is 1. The van der Waals surface area contributed by atoms with Crippen molar-refractivity contribution < 1.29 is 31.1 Å². The third-order valence-electron chi connectivity index (χ3n) is 4.24. The lowest BCUT2D eigenvalue weighted by molar-refractivity contribution is -0.242. The molecule has 0 saturated carbocycles. The van der Waals surface area contributed by atoms with Gasteiger partial charge in [0.25, 0.3) is 0 Å². The number of aromatic nitrogens is 1. The zero-order chi connectivity index (χ0) is 20.5. The first kappa shape index (κ1) is 21.3. The van der Waals surface area contributed by atoms with Crippen molar-refractivity contribution in [1.82, 2.24) is 4.98 Å². The van der Waals surface area contributed by atoms with Gasteiger partial charge < -0.3 is 10.1 Å². The fraction of sp³-hybridized carbons (Fsp3) is 0.625. The monoisotopic (exact) mass is 409 g/mol. The average Bonchev–Trinajstić information content (AvgIpc) is 2.53. The van der Waals surface area contributed by atoms with Crippen molar-refractivity contribution in [3.8, 4) is 0 Å². The lowest BCUT2D eigenvalue weighted by Gasteiger charge is -2.28. The maximum absolute atomic E-state index is 12.8. The second-order valence-electron chi connectivity index (χ2n) is 6.89. The van der Waals surface area contributed by atoms with Crippen LogP contribution in [0.15, 0.2) is 12.3 Å². The van der Waals surface area contributed by atoms with Crippen LogP contribution >= 0.6 is 0 Å². The number of hydrogen-bond acceptors (Lipinski definition) is 6. The van der Waals surface area contributed by atoms with Gasteiger partial charge in [0.1, 0.15) is 9.84 Å². The minimum Gasteiger partial charge on any atom is -0.434 e. The van der Waals surface area contributed by atoms with Gasteiger partial charge in [-0.25, -0.2) is 13.2 Å². The van der Waals surface area contributed by atoms with Gasteiger partial charge in [-0.05, 0) is 32.3 Å². The van der Waals surface area contributed by atoms with Crippen LogP contribution in [0.2, 0.25) is 0 Å². The van der Waals surface area contributed by atoms with E-state index in [-0.39, 0.29) is 23.1 Å². The van der Waals surface area contributed by atoms with Crippen LogP contribution in [0.5, 0.6) is 0 Å². The highest BCUT2D eigenvalue weighted by Gasteiger charge is 2.51. The summed E-state index contributed by atoms with van der Waals surface area (Å²) in [5, 5.41) is 5.27. The molecule has 0 aromatic carbocycles. The molecule has 2 heterocycles. The number of pyridine rings is 1. The van der Waals surface area contributed by atoms with Gasteiger partial charge in [0.2, 0.25) is 5.60 Å². The molecule has 1 aromatic heterocycles. The number of alkyl halides is 3. The molecule has 0 fully saturated rings. The topological polar surface area (TPSA) is 97.4 Å². The molecule has 0 radical (unpaired) electrons. The zero-order valence-electron chi connectivity index (χ0n) is 15.2. The van der Waals surface area contributed by atoms with E-state index in [1.807, 2.05) is 0 Å². The number of rotatable bonds is 5. The van der Waals surface area contributed by atoms with E-state index >= 15 is 0 Å². The third kappa shape index (κ3) is 5.47. The molecular formula is C16H22F3N3O4S. The largest absolute Gasteiger partial charge is 0.434 e.